The van der Waals surface area contributed by atoms with Gasteiger partial charge in [-0.15, -0.1) is 0 Å². The van der Waals surface area contributed by atoms with E-state index in [1.54, 1.807) is 29.4 Å². The fourth-order valence-electron chi connectivity index (χ4n) is 4.69. The Bertz CT molecular complexity index is 1450. The van der Waals surface area contributed by atoms with E-state index in [1.807, 2.05) is 51.1 Å². The highest BCUT2D eigenvalue weighted by Crippen LogP contribution is 2.47. The number of fused-ring (bicyclic) bond motifs is 1. The number of pyridine rings is 1. The summed E-state index contributed by atoms with van der Waals surface area (Å²) < 4.78 is 11.6. The SMILES string of the molecule is CCOc1ccc([C@@H]2c3c(-c4cc(Cl)c(C)cc4O)n[nH]c3C(=O)N2Cc2cccnc2)cc1OCC. The lowest BCUT2D eigenvalue weighted by atomic mass is 9.95. The summed E-state index contributed by atoms with van der Waals surface area (Å²) in [5.74, 6) is 1.06. The smallest absolute Gasteiger partial charge is 0.273 e. The first-order chi connectivity index (χ1) is 17.9. The molecule has 0 spiro atoms. The lowest BCUT2D eigenvalue weighted by Gasteiger charge is -2.27. The highest BCUT2D eigenvalue weighted by atomic mass is 35.5. The van der Waals surface area contributed by atoms with Crippen molar-refractivity contribution in [1.82, 2.24) is 20.1 Å². The Hall–Kier alpha value is -4.04. The van der Waals surface area contributed by atoms with Gasteiger partial charge in [-0.25, -0.2) is 0 Å². The van der Waals surface area contributed by atoms with Crippen LogP contribution in [-0.4, -0.2) is 44.3 Å². The highest BCUT2D eigenvalue weighted by molar-refractivity contribution is 6.31. The summed E-state index contributed by atoms with van der Waals surface area (Å²) in [4.78, 5) is 19.7. The summed E-state index contributed by atoms with van der Waals surface area (Å²) in [6.45, 7) is 6.93. The van der Waals surface area contributed by atoms with Crippen molar-refractivity contribution in [2.45, 2.75) is 33.4 Å². The maximum Gasteiger partial charge on any atom is 0.273 e. The number of amides is 1. The molecule has 2 aromatic carbocycles. The van der Waals surface area contributed by atoms with Crippen LogP contribution in [0, 0.1) is 6.92 Å². The van der Waals surface area contributed by atoms with Gasteiger partial charge in [0.05, 0.1) is 19.3 Å². The number of carbonyl (C=O) groups excluding carboxylic acids is 1. The molecule has 0 unspecified atom stereocenters. The van der Waals surface area contributed by atoms with Gasteiger partial charge in [0.1, 0.15) is 17.1 Å². The molecule has 0 radical (unpaired) electrons. The summed E-state index contributed by atoms with van der Waals surface area (Å²) in [5, 5.41) is 18.7. The van der Waals surface area contributed by atoms with Crippen LogP contribution in [0.15, 0.2) is 54.9 Å². The molecule has 0 bridgehead atoms. The number of ether oxygens (including phenoxy) is 2. The molecule has 0 saturated heterocycles. The highest BCUT2D eigenvalue weighted by Gasteiger charge is 2.43. The maximum absolute atomic E-state index is 13.7. The van der Waals surface area contributed by atoms with Gasteiger partial charge in [0.15, 0.2) is 11.5 Å². The van der Waals surface area contributed by atoms with E-state index in [-0.39, 0.29) is 11.7 Å². The number of phenols is 1. The third-order valence-electron chi connectivity index (χ3n) is 6.35. The number of rotatable bonds is 8. The zero-order valence-electron chi connectivity index (χ0n) is 20.8. The summed E-state index contributed by atoms with van der Waals surface area (Å²) in [7, 11) is 0. The van der Waals surface area contributed by atoms with Crippen molar-refractivity contribution in [1.29, 1.82) is 0 Å². The molecule has 4 aromatic rings. The fraction of sp³-hybridized carbons (Fsp3) is 0.250. The van der Waals surface area contributed by atoms with Gasteiger partial charge in [0.25, 0.3) is 5.91 Å². The molecular weight excluding hydrogens is 492 g/mol. The number of hydrogen-bond acceptors (Lipinski definition) is 6. The maximum atomic E-state index is 13.7. The van der Waals surface area contributed by atoms with Crippen LogP contribution < -0.4 is 9.47 Å². The van der Waals surface area contributed by atoms with E-state index < -0.39 is 6.04 Å². The first-order valence-corrected chi connectivity index (χ1v) is 12.5. The van der Waals surface area contributed by atoms with Crippen molar-refractivity contribution >= 4 is 17.5 Å². The van der Waals surface area contributed by atoms with Crippen molar-refractivity contribution in [2.24, 2.45) is 0 Å². The van der Waals surface area contributed by atoms with Crippen LogP contribution in [0.1, 0.15) is 52.6 Å². The fourth-order valence-corrected chi connectivity index (χ4v) is 4.86. The van der Waals surface area contributed by atoms with Gasteiger partial charge in [0.2, 0.25) is 0 Å². The van der Waals surface area contributed by atoms with E-state index in [1.165, 1.54) is 0 Å². The predicted molar refractivity (Wildman–Crippen MR) is 140 cm³/mol. The average Bonchev–Trinajstić information content (AvgIpc) is 3.42. The first kappa shape index (κ1) is 24.6. The lowest BCUT2D eigenvalue weighted by molar-refractivity contribution is 0.0729. The number of nitrogens with zero attached hydrogens (tertiary/aromatic N) is 3. The van der Waals surface area contributed by atoms with E-state index in [0.29, 0.717) is 58.8 Å². The van der Waals surface area contributed by atoms with Crippen molar-refractivity contribution in [3.63, 3.8) is 0 Å². The van der Waals surface area contributed by atoms with Gasteiger partial charge in [-0.1, -0.05) is 23.7 Å². The molecule has 8 nitrogen and oxygen atoms in total. The number of aromatic amines is 1. The zero-order chi connectivity index (χ0) is 26.1. The molecule has 0 aliphatic carbocycles. The molecule has 1 atom stereocenters. The molecule has 1 amide bonds. The standard InChI is InChI=1S/C28H27ClN4O4/c1-4-36-22-9-8-18(12-23(22)37-5-2)27-24-25(19-13-20(29)16(3)11-21(19)34)31-32-26(24)28(35)33(27)15-17-7-6-10-30-14-17/h6-14,27,34H,4-5,15H2,1-3H3,(H,31,32)/t27-/m1/s1. The van der Waals surface area contributed by atoms with Gasteiger partial charge >= 0.3 is 0 Å². The first-order valence-electron chi connectivity index (χ1n) is 12.1. The average molecular weight is 519 g/mol. The summed E-state index contributed by atoms with van der Waals surface area (Å²) in [6, 6.07) is 12.2. The van der Waals surface area contributed by atoms with Gasteiger partial charge in [0, 0.05) is 35.1 Å². The third kappa shape index (κ3) is 4.49. The molecule has 2 N–H and O–H groups in total. The number of halogens is 1. The van der Waals surface area contributed by atoms with E-state index in [0.717, 1.165) is 16.7 Å². The number of carbonyl (C=O) groups is 1. The molecule has 0 saturated carbocycles. The number of aryl methyl sites for hydroxylation is 1. The monoisotopic (exact) mass is 518 g/mol. The number of aromatic hydroxyl groups is 1. The van der Waals surface area contributed by atoms with E-state index in [4.69, 9.17) is 21.1 Å². The second-order valence-corrected chi connectivity index (χ2v) is 9.16. The molecule has 5 rings (SSSR count). The number of hydrogen-bond donors (Lipinski definition) is 2. The Morgan fingerprint density at radius 2 is 1.89 bits per heavy atom. The Kier molecular flexibility index (Phi) is 6.76. The van der Waals surface area contributed by atoms with Gasteiger partial charge in [-0.05, 0) is 67.8 Å². The van der Waals surface area contributed by atoms with Crippen molar-refractivity contribution in [2.75, 3.05) is 13.2 Å². The third-order valence-corrected chi connectivity index (χ3v) is 6.76. The molecule has 1 aliphatic heterocycles. The molecule has 2 aromatic heterocycles. The second-order valence-electron chi connectivity index (χ2n) is 8.75. The van der Waals surface area contributed by atoms with E-state index in [2.05, 4.69) is 15.2 Å². The number of phenolic OH excluding ortho intramolecular Hbond substituents is 1. The minimum atomic E-state index is -0.509. The number of benzene rings is 2. The van der Waals surface area contributed by atoms with Crippen LogP contribution in [-0.2, 0) is 6.54 Å². The molecule has 0 fully saturated rings. The normalized spacial score (nSPS) is 14.6. The van der Waals surface area contributed by atoms with Gasteiger partial charge in [-0.2, -0.15) is 5.10 Å². The van der Waals surface area contributed by atoms with Crippen molar-refractivity contribution in [3.8, 4) is 28.5 Å². The van der Waals surface area contributed by atoms with Crippen molar-refractivity contribution in [3.05, 3.63) is 87.8 Å². The Labute approximate surface area is 219 Å². The predicted octanol–water partition coefficient (Wildman–Crippen LogP) is 5.68. The molecule has 1 aliphatic rings. The van der Waals surface area contributed by atoms with Gasteiger partial charge in [-0.3, -0.25) is 14.9 Å². The van der Waals surface area contributed by atoms with Crippen LogP contribution in [0.4, 0.5) is 0 Å². The quantitative estimate of drug-likeness (QED) is 0.311. The number of aromatic nitrogens is 3. The van der Waals surface area contributed by atoms with Crippen LogP contribution in [0.25, 0.3) is 11.3 Å². The summed E-state index contributed by atoms with van der Waals surface area (Å²) in [5.41, 5.74) is 4.40. The Morgan fingerprint density at radius 3 is 2.62 bits per heavy atom. The van der Waals surface area contributed by atoms with Gasteiger partial charge < -0.3 is 19.5 Å². The number of nitrogens with one attached hydrogen (secondary N) is 1. The Balaban J connectivity index is 1.69. The second kappa shape index (κ2) is 10.1. The van der Waals surface area contributed by atoms with Crippen LogP contribution >= 0.6 is 11.6 Å². The number of H-pyrrole nitrogens is 1. The molecule has 3 heterocycles. The summed E-state index contributed by atoms with van der Waals surface area (Å²) in [6.07, 6.45) is 3.44. The van der Waals surface area contributed by atoms with E-state index in [9.17, 15) is 9.90 Å². The van der Waals surface area contributed by atoms with Crippen LogP contribution in [0.5, 0.6) is 17.2 Å². The molecular formula is C28H27ClN4O4. The molecule has 190 valence electrons. The Morgan fingerprint density at radius 1 is 1.11 bits per heavy atom. The summed E-state index contributed by atoms with van der Waals surface area (Å²) >= 11 is 6.41. The minimum Gasteiger partial charge on any atom is -0.507 e. The van der Waals surface area contributed by atoms with Crippen molar-refractivity contribution < 1.29 is 19.4 Å². The topological polar surface area (TPSA) is 101 Å². The lowest BCUT2D eigenvalue weighted by Crippen LogP contribution is -2.29. The van der Waals surface area contributed by atoms with E-state index >= 15 is 0 Å². The van der Waals surface area contributed by atoms with Crippen LogP contribution in [0.2, 0.25) is 5.02 Å². The largest absolute Gasteiger partial charge is 0.507 e. The van der Waals surface area contributed by atoms with Crippen LogP contribution in [0.3, 0.4) is 0 Å². The molecule has 9 heteroatoms. The minimum absolute atomic E-state index is 0.0369. The molecule has 37 heavy (non-hydrogen) atoms. The zero-order valence-corrected chi connectivity index (χ0v) is 21.5.